The van der Waals surface area contributed by atoms with E-state index in [9.17, 15) is 21.6 Å². The molecule has 0 bridgehead atoms. The molecule has 0 amide bonds. The first-order chi connectivity index (χ1) is 16.6. The standard InChI is InChI=1S/C23H25ClN2O7S2/c1-32-23(27)4-2-3-19-16-17-15-18(24)5-10-22(17)26(19)35(30,31)21-8-6-20(7-9-21)34(28,29)25-11-13-33-14-12-25/h5-10,15-16H,2-4,11-14H2,1H3. The summed E-state index contributed by atoms with van der Waals surface area (Å²) < 4.78 is 65.6. The van der Waals surface area contributed by atoms with Gasteiger partial charge in [0.1, 0.15) is 0 Å². The highest BCUT2D eigenvalue weighted by molar-refractivity contribution is 7.90. The molecule has 1 aromatic heterocycles. The molecule has 0 N–H and O–H groups in total. The van der Waals surface area contributed by atoms with Crippen LogP contribution in [0.25, 0.3) is 10.9 Å². The summed E-state index contributed by atoms with van der Waals surface area (Å²) in [7, 11) is -6.53. The number of aryl methyl sites for hydroxylation is 1. The summed E-state index contributed by atoms with van der Waals surface area (Å²) in [5.74, 6) is -0.379. The molecule has 0 aliphatic carbocycles. The maximum absolute atomic E-state index is 13.7. The Labute approximate surface area is 209 Å². The van der Waals surface area contributed by atoms with Gasteiger partial charge in [0, 0.05) is 35.6 Å². The Morgan fingerprint density at radius 1 is 0.971 bits per heavy atom. The minimum Gasteiger partial charge on any atom is -0.469 e. The number of hydrogen-bond donors (Lipinski definition) is 0. The number of sulfonamides is 1. The van der Waals surface area contributed by atoms with E-state index in [1.54, 1.807) is 24.3 Å². The van der Waals surface area contributed by atoms with Gasteiger partial charge in [0.15, 0.2) is 0 Å². The molecule has 3 aromatic rings. The molecule has 1 fully saturated rings. The SMILES string of the molecule is COC(=O)CCCc1cc2cc(Cl)ccc2n1S(=O)(=O)c1ccc(S(=O)(=O)N2CCOCC2)cc1. The topological polar surface area (TPSA) is 112 Å². The van der Waals surface area contributed by atoms with Crippen LogP contribution >= 0.6 is 11.6 Å². The fourth-order valence-corrected chi connectivity index (χ4v) is 7.17. The number of fused-ring (bicyclic) bond motifs is 1. The summed E-state index contributed by atoms with van der Waals surface area (Å²) in [6.45, 7) is 1.12. The number of methoxy groups -OCH3 is 1. The highest BCUT2D eigenvalue weighted by Crippen LogP contribution is 2.29. The second kappa shape index (κ2) is 10.3. The van der Waals surface area contributed by atoms with Gasteiger partial charge in [-0.2, -0.15) is 4.31 Å². The van der Waals surface area contributed by atoms with Crippen LogP contribution in [0.3, 0.4) is 0 Å². The molecule has 35 heavy (non-hydrogen) atoms. The molecular formula is C23H25ClN2O7S2. The summed E-state index contributed by atoms with van der Waals surface area (Å²) >= 11 is 6.11. The van der Waals surface area contributed by atoms with E-state index in [4.69, 9.17) is 16.3 Å². The van der Waals surface area contributed by atoms with Crippen molar-refractivity contribution in [1.82, 2.24) is 8.28 Å². The predicted molar refractivity (Wildman–Crippen MR) is 131 cm³/mol. The van der Waals surface area contributed by atoms with E-state index in [1.807, 2.05) is 0 Å². The predicted octanol–water partition coefficient (Wildman–Crippen LogP) is 3.05. The van der Waals surface area contributed by atoms with Gasteiger partial charge in [-0.25, -0.2) is 20.8 Å². The van der Waals surface area contributed by atoms with Crippen molar-refractivity contribution in [2.24, 2.45) is 0 Å². The Kier molecular flexibility index (Phi) is 7.53. The molecule has 1 aliphatic heterocycles. The van der Waals surface area contributed by atoms with E-state index in [0.717, 1.165) is 0 Å². The van der Waals surface area contributed by atoms with Gasteiger partial charge < -0.3 is 9.47 Å². The molecule has 0 radical (unpaired) electrons. The lowest BCUT2D eigenvalue weighted by molar-refractivity contribution is -0.140. The molecule has 0 spiro atoms. The average molecular weight is 541 g/mol. The Hall–Kier alpha value is -2.44. The van der Waals surface area contributed by atoms with Gasteiger partial charge in [-0.1, -0.05) is 11.6 Å². The number of nitrogens with zero attached hydrogens (tertiary/aromatic N) is 2. The molecule has 0 unspecified atom stereocenters. The Balaban J connectivity index is 1.70. The third-order valence-electron chi connectivity index (χ3n) is 5.80. The number of carbonyl (C=O) groups is 1. The highest BCUT2D eigenvalue weighted by Gasteiger charge is 2.28. The van der Waals surface area contributed by atoms with Gasteiger partial charge in [0.2, 0.25) is 10.0 Å². The van der Waals surface area contributed by atoms with E-state index in [0.29, 0.717) is 47.7 Å². The van der Waals surface area contributed by atoms with Crippen molar-refractivity contribution in [3.63, 3.8) is 0 Å². The summed E-state index contributed by atoms with van der Waals surface area (Å²) in [5, 5.41) is 1.10. The molecule has 0 atom stereocenters. The van der Waals surface area contributed by atoms with Crippen LogP contribution in [0, 0.1) is 0 Å². The minimum absolute atomic E-state index is 0.0146. The number of morpholine rings is 1. The summed E-state index contributed by atoms with van der Waals surface area (Å²) in [6.07, 6.45) is 0.847. The molecule has 1 saturated heterocycles. The van der Waals surface area contributed by atoms with Crippen LogP contribution < -0.4 is 0 Å². The zero-order valence-corrected chi connectivity index (χ0v) is 21.4. The third-order valence-corrected chi connectivity index (χ3v) is 9.73. The zero-order chi connectivity index (χ0) is 25.2. The maximum Gasteiger partial charge on any atom is 0.305 e. The monoisotopic (exact) mass is 540 g/mol. The molecule has 0 saturated carbocycles. The van der Waals surface area contributed by atoms with Gasteiger partial charge in [-0.3, -0.25) is 4.79 Å². The zero-order valence-electron chi connectivity index (χ0n) is 19.0. The van der Waals surface area contributed by atoms with E-state index in [-0.39, 0.29) is 35.3 Å². The molecule has 9 nitrogen and oxygen atoms in total. The summed E-state index contributed by atoms with van der Waals surface area (Å²) in [4.78, 5) is 11.5. The number of ether oxygens (including phenoxy) is 2. The van der Waals surface area contributed by atoms with Crippen LogP contribution in [-0.4, -0.2) is 64.5 Å². The van der Waals surface area contributed by atoms with Crippen molar-refractivity contribution >= 4 is 48.5 Å². The molecule has 2 aromatic carbocycles. The molecule has 12 heteroatoms. The molecule has 2 heterocycles. The van der Waals surface area contributed by atoms with Crippen LogP contribution in [0.1, 0.15) is 18.5 Å². The first-order valence-corrected chi connectivity index (χ1v) is 14.2. The summed E-state index contributed by atoms with van der Waals surface area (Å²) in [6, 6.07) is 11.8. The lowest BCUT2D eigenvalue weighted by Crippen LogP contribution is -2.40. The fourth-order valence-electron chi connectivity index (χ4n) is 4.02. The Morgan fingerprint density at radius 3 is 2.23 bits per heavy atom. The van der Waals surface area contributed by atoms with E-state index >= 15 is 0 Å². The fraction of sp³-hybridized carbons (Fsp3) is 0.348. The molecule has 4 rings (SSSR count). The molecule has 188 valence electrons. The maximum atomic E-state index is 13.7. The Morgan fingerprint density at radius 2 is 1.60 bits per heavy atom. The van der Waals surface area contributed by atoms with Crippen LogP contribution in [0.5, 0.6) is 0 Å². The number of benzene rings is 2. The second-order valence-corrected chi connectivity index (χ2v) is 12.2. The van der Waals surface area contributed by atoms with Crippen molar-refractivity contribution in [2.75, 3.05) is 33.4 Å². The van der Waals surface area contributed by atoms with Crippen LogP contribution in [0.2, 0.25) is 5.02 Å². The smallest absolute Gasteiger partial charge is 0.305 e. The van der Waals surface area contributed by atoms with Gasteiger partial charge in [0.05, 0.1) is 35.6 Å². The normalized spacial score (nSPS) is 15.4. The number of esters is 1. The number of aromatic nitrogens is 1. The van der Waals surface area contributed by atoms with Crippen molar-refractivity contribution < 1.29 is 31.1 Å². The van der Waals surface area contributed by atoms with Crippen LogP contribution in [0.4, 0.5) is 0 Å². The first kappa shape index (κ1) is 25.6. The minimum atomic E-state index is -4.08. The number of rotatable bonds is 8. The van der Waals surface area contributed by atoms with Crippen LogP contribution in [-0.2, 0) is 40.7 Å². The van der Waals surface area contributed by atoms with E-state index in [2.05, 4.69) is 4.74 Å². The van der Waals surface area contributed by atoms with Gasteiger partial charge in [-0.05, 0) is 61.4 Å². The number of hydrogen-bond acceptors (Lipinski definition) is 7. The Bertz CT molecular complexity index is 1440. The van der Waals surface area contributed by atoms with E-state index in [1.165, 1.54) is 39.7 Å². The number of carbonyl (C=O) groups excluding carboxylic acids is 1. The molecule has 1 aliphatic rings. The van der Waals surface area contributed by atoms with Gasteiger partial charge >= 0.3 is 5.97 Å². The largest absolute Gasteiger partial charge is 0.469 e. The quantitative estimate of drug-likeness (QED) is 0.404. The third kappa shape index (κ3) is 5.24. The van der Waals surface area contributed by atoms with Crippen molar-refractivity contribution in [2.45, 2.75) is 29.1 Å². The van der Waals surface area contributed by atoms with E-state index < -0.39 is 20.0 Å². The molecular weight excluding hydrogens is 516 g/mol. The summed E-state index contributed by atoms with van der Waals surface area (Å²) in [5.41, 5.74) is 0.920. The lowest BCUT2D eigenvalue weighted by atomic mass is 10.2. The van der Waals surface area contributed by atoms with Crippen LogP contribution in [0.15, 0.2) is 58.3 Å². The second-order valence-electron chi connectivity index (χ2n) is 8.03. The lowest BCUT2D eigenvalue weighted by Gasteiger charge is -2.26. The number of halogens is 1. The van der Waals surface area contributed by atoms with Gasteiger partial charge in [-0.15, -0.1) is 0 Å². The van der Waals surface area contributed by atoms with Crippen molar-refractivity contribution in [3.05, 3.63) is 59.2 Å². The highest BCUT2D eigenvalue weighted by atomic mass is 35.5. The average Bonchev–Trinajstić information content (AvgIpc) is 3.22. The van der Waals surface area contributed by atoms with Crippen molar-refractivity contribution in [3.8, 4) is 0 Å². The first-order valence-electron chi connectivity index (χ1n) is 10.9. The van der Waals surface area contributed by atoms with Crippen molar-refractivity contribution in [1.29, 1.82) is 0 Å². The van der Waals surface area contributed by atoms with Gasteiger partial charge in [0.25, 0.3) is 10.0 Å².